The molecular formula is C13H16ClNO3S. The summed E-state index contributed by atoms with van der Waals surface area (Å²) in [6, 6.07) is 5.86. The van der Waals surface area contributed by atoms with Crippen LogP contribution in [0.1, 0.15) is 16.8 Å². The third-order valence-corrected chi connectivity index (χ3v) is 3.40. The van der Waals surface area contributed by atoms with Gasteiger partial charge in [0, 0.05) is 10.6 Å². The molecule has 1 N–H and O–H groups in total. The molecule has 0 bridgehead atoms. The Morgan fingerprint density at radius 1 is 1.37 bits per heavy atom. The van der Waals surface area contributed by atoms with Crippen LogP contribution in [0.2, 0.25) is 5.02 Å². The van der Waals surface area contributed by atoms with Gasteiger partial charge in [-0.3, -0.25) is 4.79 Å². The molecule has 19 heavy (non-hydrogen) atoms. The highest BCUT2D eigenvalue weighted by Crippen LogP contribution is 2.10. The van der Waals surface area contributed by atoms with Gasteiger partial charge >= 0.3 is 5.97 Å². The summed E-state index contributed by atoms with van der Waals surface area (Å²) >= 11 is 7.36. The summed E-state index contributed by atoms with van der Waals surface area (Å²) < 4.78 is 4.68. The third-order valence-electron chi connectivity index (χ3n) is 2.51. The summed E-state index contributed by atoms with van der Waals surface area (Å²) in [5.74, 6) is 0.0187. The van der Waals surface area contributed by atoms with E-state index in [4.69, 9.17) is 11.6 Å². The van der Waals surface area contributed by atoms with Crippen LogP contribution in [0.3, 0.4) is 0 Å². The number of rotatable bonds is 6. The Kier molecular flexibility index (Phi) is 6.73. The lowest BCUT2D eigenvalue weighted by atomic mass is 10.1. The topological polar surface area (TPSA) is 55.4 Å². The van der Waals surface area contributed by atoms with Gasteiger partial charge in [-0.2, -0.15) is 11.8 Å². The van der Waals surface area contributed by atoms with Gasteiger partial charge in [-0.1, -0.05) is 11.6 Å². The van der Waals surface area contributed by atoms with E-state index in [1.54, 1.807) is 36.0 Å². The molecule has 0 saturated carbocycles. The number of carbonyl (C=O) groups excluding carboxylic acids is 2. The molecule has 0 aliphatic rings. The first-order valence-electron chi connectivity index (χ1n) is 5.71. The second-order valence-electron chi connectivity index (χ2n) is 3.84. The Labute approximate surface area is 121 Å². The first-order chi connectivity index (χ1) is 9.08. The smallest absolute Gasteiger partial charge is 0.328 e. The fourth-order valence-electron chi connectivity index (χ4n) is 1.47. The van der Waals surface area contributed by atoms with Crippen molar-refractivity contribution in [3.8, 4) is 0 Å². The van der Waals surface area contributed by atoms with Crippen molar-refractivity contribution in [2.24, 2.45) is 0 Å². The molecule has 1 amide bonds. The first-order valence-corrected chi connectivity index (χ1v) is 7.49. The molecular weight excluding hydrogens is 286 g/mol. The van der Waals surface area contributed by atoms with E-state index in [0.717, 1.165) is 5.75 Å². The summed E-state index contributed by atoms with van der Waals surface area (Å²) in [5.41, 5.74) is 0.461. The van der Waals surface area contributed by atoms with Gasteiger partial charge < -0.3 is 10.1 Å². The van der Waals surface area contributed by atoms with E-state index >= 15 is 0 Å². The van der Waals surface area contributed by atoms with Crippen molar-refractivity contribution in [2.75, 3.05) is 19.1 Å². The fourth-order valence-corrected chi connectivity index (χ4v) is 2.07. The van der Waals surface area contributed by atoms with Crippen LogP contribution in [0, 0.1) is 0 Å². The molecule has 1 atom stereocenters. The predicted octanol–water partition coefficient (Wildman–Crippen LogP) is 2.36. The number of hydrogen-bond acceptors (Lipinski definition) is 4. The zero-order valence-corrected chi connectivity index (χ0v) is 12.4. The molecule has 0 aliphatic carbocycles. The van der Waals surface area contributed by atoms with Crippen LogP contribution in [0.5, 0.6) is 0 Å². The lowest BCUT2D eigenvalue weighted by molar-refractivity contribution is -0.142. The van der Waals surface area contributed by atoms with Gasteiger partial charge in [-0.05, 0) is 42.7 Å². The molecule has 0 heterocycles. The molecule has 0 unspecified atom stereocenters. The summed E-state index contributed by atoms with van der Waals surface area (Å²) in [6.07, 6.45) is 2.47. The maximum absolute atomic E-state index is 12.0. The number of halogens is 1. The molecule has 0 fully saturated rings. The van der Waals surface area contributed by atoms with Crippen molar-refractivity contribution < 1.29 is 14.3 Å². The SMILES string of the molecule is COC(=O)[C@@H](CCSC)NC(=O)c1ccc(Cl)cc1. The highest BCUT2D eigenvalue weighted by Gasteiger charge is 2.21. The second-order valence-corrected chi connectivity index (χ2v) is 5.26. The quantitative estimate of drug-likeness (QED) is 0.820. The Bertz CT molecular complexity index is 436. The summed E-state index contributed by atoms with van der Waals surface area (Å²) in [7, 11) is 1.31. The van der Waals surface area contributed by atoms with E-state index < -0.39 is 12.0 Å². The molecule has 1 rings (SSSR count). The molecule has 6 heteroatoms. The van der Waals surface area contributed by atoms with Gasteiger partial charge in [-0.15, -0.1) is 0 Å². The van der Waals surface area contributed by atoms with Gasteiger partial charge in [0.2, 0.25) is 0 Å². The molecule has 0 aromatic heterocycles. The fraction of sp³-hybridized carbons (Fsp3) is 0.385. The molecule has 0 aliphatic heterocycles. The van der Waals surface area contributed by atoms with Crippen LogP contribution >= 0.6 is 23.4 Å². The van der Waals surface area contributed by atoms with Crippen LogP contribution in [0.15, 0.2) is 24.3 Å². The number of ether oxygens (including phenoxy) is 1. The molecule has 0 radical (unpaired) electrons. The van der Waals surface area contributed by atoms with E-state index in [1.807, 2.05) is 6.26 Å². The number of esters is 1. The largest absolute Gasteiger partial charge is 0.467 e. The van der Waals surface area contributed by atoms with Gasteiger partial charge in [0.15, 0.2) is 0 Å². The normalized spacial score (nSPS) is 11.7. The first kappa shape index (κ1) is 15.9. The third kappa shape index (κ3) is 5.12. The molecule has 0 spiro atoms. The average Bonchev–Trinajstić information content (AvgIpc) is 2.43. The Morgan fingerprint density at radius 2 is 2.00 bits per heavy atom. The molecule has 0 saturated heterocycles. The van der Waals surface area contributed by atoms with E-state index in [9.17, 15) is 9.59 Å². The van der Waals surface area contributed by atoms with Crippen molar-refractivity contribution in [3.05, 3.63) is 34.9 Å². The van der Waals surface area contributed by atoms with Crippen molar-refractivity contribution in [3.63, 3.8) is 0 Å². The number of hydrogen-bond donors (Lipinski definition) is 1. The summed E-state index contributed by atoms with van der Waals surface area (Å²) in [5, 5.41) is 3.23. The average molecular weight is 302 g/mol. The molecule has 1 aromatic rings. The van der Waals surface area contributed by atoms with Gasteiger partial charge in [0.25, 0.3) is 5.91 Å². The number of amides is 1. The Hall–Kier alpha value is -1.20. The van der Waals surface area contributed by atoms with Crippen LogP contribution < -0.4 is 5.32 Å². The van der Waals surface area contributed by atoms with Crippen molar-refractivity contribution in [1.82, 2.24) is 5.32 Å². The van der Waals surface area contributed by atoms with E-state index in [0.29, 0.717) is 17.0 Å². The van der Waals surface area contributed by atoms with Crippen LogP contribution in [-0.2, 0) is 9.53 Å². The molecule has 104 valence electrons. The standard InChI is InChI=1S/C13H16ClNO3S/c1-18-13(17)11(7-8-19-2)15-12(16)9-3-5-10(14)6-4-9/h3-6,11H,7-8H2,1-2H3,(H,15,16)/t11-/m1/s1. The summed E-state index contributed by atoms with van der Waals surface area (Å²) in [4.78, 5) is 23.6. The van der Waals surface area contributed by atoms with Crippen molar-refractivity contribution in [2.45, 2.75) is 12.5 Å². The maximum atomic E-state index is 12.0. The number of methoxy groups -OCH3 is 1. The highest BCUT2D eigenvalue weighted by molar-refractivity contribution is 7.98. The van der Waals surface area contributed by atoms with Crippen LogP contribution in [-0.4, -0.2) is 37.0 Å². The van der Waals surface area contributed by atoms with Gasteiger partial charge in [-0.25, -0.2) is 4.79 Å². The molecule has 4 nitrogen and oxygen atoms in total. The zero-order chi connectivity index (χ0) is 14.3. The van der Waals surface area contributed by atoms with Crippen LogP contribution in [0.25, 0.3) is 0 Å². The summed E-state index contributed by atoms with van der Waals surface area (Å²) in [6.45, 7) is 0. The Balaban J connectivity index is 2.69. The lowest BCUT2D eigenvalue weighted by Gasteiger charge is -2.16. The van der Waals surface area contributed by atoms with Gasteiger partial charge in [0.05, 0.1) is 7.11 Å². The minimum absolute atomic E-state index is 0.312. The number of nitrogens with one attached hydrogen (secondary N) is 1. The maximum Gasteiger partial charge on any atom is 0.328 e. The Morgan fingerprint density at radius 3 is 2.53 bits per heavy atom. The lowest BCUT2D eigenvalue weighted by Crippen LogP contribution is -2.41. The minimum Gasteiger partial charge on any atom is -0.467 e. The number of carbonyl (C=O) groups is 2. The van der Waals surface area contributed by atoms with Gasteiger partial charge in [0.1, 0.15) is 6.04 Å². The number of thioether (sulfide) groups is 1. The monoisotopic (exact) mass is 301 g/mol. The zero-order valence-electron chi connectivity index (χ0n) is 10.8. The second kappa shape index (κ2) is 8.07. The minimum atomic E-state index is -0.624. The van der Waals surface area contributed by atoms with Crippen molar-refractivity contribution in [1.29, 1.82) is 0 Å². The van der Waals surface area contributed by atoms with Crippen molar-refractivity contribution >= 4 is 35.2 Å². The highest BCUT2D eigenvalue weighted by atomic mass is 35.5. The number of benzene rings is 1. The van der Waals surface area contributed by atoms with E-state index in [1.165, 1.54) is 7.11 Å². The van der Waals surface area contributed by atoms with E-state index in [2.05, 4.69) is 10.1 Å². The van der Waals surface area contributed by atoms with E-state index in [-0.39, 0.29) is 5.91 Å². The van der Waals surface area contributed by atoms with Crippen LogP contribution in [0.4, 0.5) is 0 Å². The molecule has 1 aromatic carbocycles. The predicted molar refractivity (Wildman–Crippen MR) is 77.7 cm³/mol.